The van der Waals surface area contributed by atoms with Crippen molar-refractivity contribution in [1.82, 2.24) is 5.32 Å². The standard InChI is InChI=1S/C25H26ClN3O5S/c1-17-8-11-19(12-9-17)29-35(32,33)23-16-18(10-13-21(23)26)24(30)28-22-7-4-3-6-20(22)25(31)27-14-5-15-34-2/h3-4,6-13,16,29H,5,14-15H2,1-2H3,(H,27,31)(H,28,30). The van der Waals surface area contributed by atoms with Crippen LogP contribution in [0.15, 0.2) is 71.6 Å². The maximum Gasteiger partial charge on any atom is 0.263 e. The van der Waals surface area contributed by atoms with Gasteiger partial charge in [0.1, 0.15) is 4.90 Å². The van der Waals surface area contributed by atoms with Crippen LogP contribution >= 0.6 is 11.6 Å². The number of hydrogen-bond acceptors (Lipinski definition) is 5. The molecule has 35 heavy (non-hydrogen) atoms. The van der Waals surface area contributed by atoms with Gasteiger partial charge in [0.25, 0.3) is 21.8 Å². The zero-order valence-corrected chi connectivity index (χ0v) is 20.9. The Morgan fingerprint density at radius 1 is 0.971 bits per heavy atom. The summed E-state index contributed by atoms with van der Waals surface area (Å²) >= 11 is 6.16. The first-order valence-electron chi connectivity index (χ1n) is 10.8. The Kier molecular flexibility index (Phi) is 8.86. The summed E-state index contributed by atoms with van der Waals surface area (Å²) in [5.74, 6) is -0.938. The minimum atomic E-state index is -4.06. The topological polar surface area (TPSA) is 114 Å². The normalized spacial score (nSPS) is 11.1. The SMILES string of the molecule is COCCCNC(=O)c1ccccc1NC(=O)c1ccc(Cl)c(S(=O)(=O)Nc2ccc(C)cc2)c1. The number of methoxy groups -OCH3 is 1. The molecule has 0 atom stereocenters. The number of aryl methyl sites for hydroxylation is 1. The summed E-state index contributed by atoms with van der Waals surface area (Å²) in [6, 6.07) is 17.3. The Bertz CT molecular complexity index is 1310. The van der Waals surface area contributed by atoms with Crippen molar-refractivity contribution in [1.29, 1.82) is 0 Å². The average Bonchev–Trinajstić information content (AvgIpc) is 2.83. The molecule has 0 radical (unpaired) electrons. The maximum absolute atomic E-state index is 13.0. The Labute approximate surface area is 209 Å². The van der Waals surface area contributed by atoms with E-state index in [4.69, 9.17) is 16.3 Å². The number of ether oxygens (including phenoxy) is 1. The number of nitrogens with one attached hydrogen (secondary N) is 3. The van der Waals surface area contributed by atoms with Crippen molar-refractivity contribution in [3.8, 4) is 0 Å². The lowest BCUT2D eigenvalue weighted by atomic mass is 10.1. The summed E-state index contributed by atoms with van der Waals surface area (Å²) in [7, 11) is -2.48. The second kappa shape index (κ2) is 11.8. The lowest BCUT2D eigenvalue weighted by Gasteiger charge is -2.13. The monoisotopic (exact) mass is 515 g/mol. The summed E-state index contributed by atoms with van der Waals surface area (Å²) in [6.45, 7) is 2.82. The number of halogens is 1. The number of hydrogen-bond donors (Lipinski definition) is 3. The summed E-state index contributed by atoms with van der Waals surface area (Å²) in [5, 5.41) is 5.43. The van der Waals surface area contributed by atoms with E-state index in [0.717, 1.165) is 5.56 Å². The average molecular weight is 516 g/mol. The van der Waals surface area contributed by atoms with Gasteiger partial charge in [-0.15, -0.1) is 0 Å². The van der Waals surface area contributed by atoms with Gasteiger partial charge in [-0.05, 0) is 55.8 Å². The number of anilines is 2. The molecule has 0 aliphatic rings. The van der Waals surface area contributed by atoms with E-state index in [9.17, 15) is 18.0 Å². The largest absolute Gasteiger partial charge is 0.385 e. The summed E-state index contributed by atoms with van der Waals surface area (Å²) in [5.41, 5.74) is 1.98. The zero-order chi connectivity index (χ0) is 25.4. The highest BCUT2D eigenvalue weighted by Gasteiger charge is 2.21. The molecule has 2 amide bonds. The molecule has 0 aromatic heterocycles. The molecule has 0 aliphatic carbocycles. The molecule has 8 nitrogen and oxygen atoms in total. The zero-order valence-electron chi connectivity index (χ0n) is 19.3. The van der Waals surface area contributed by atoms with E-state index in [0.29, 0.717) is 30.9 Å². The predicted molar refractivity (Wildman–Crippen MR) is 137 cm³/mol. The quantitative estimate of drug-likeness (QED) is 0.345. The second-order valence-electron chi connectivity index (χ2n) is 7.72. The Hall–Kier alpha value is -3.40. The highest BCUT2D eigenvalue weighted by molar-refractivity contribution is 7.92. The van der Waals surface area contributed by atoms with E-state index in [1.54, 1.807) is 55.6 Å². The molecule has 0 fully saturated rings. The van der Waals surface area contributed by atoms with Crippen LogP contribution < -0.4 is 15.4 Å². The van der Waals surface area contributed by atoms with Gasteiger partial charge < -0.3 is 15.4 Å². The number of benzene rings is 3. The van der Waals surface area contributed by atoms with Crippen molar-refractivity contribution in [2.45, 2.75) is 18.2 Å². The van der Waals surface area contributed by atoms with Gasteiger partial charge >= 0.3 is 0 Å². The van der Waals surface area contributed by atoms with Gasteiger partial charge in [-0.2, -0.15) is 0 Å². The highest BCUT2D eigenvalue weighted by atomic mass is 35.5. The number of para-hydroxylation sites is 1. The molecule has 0 saturated heterocycles. The molecule has 3 aromatic carbocycles. The van der Waals surface area contributed by atoms with Gasteiger partial charge in [0.05, 0.1) is 16.3 Å². The molecule has 0 aliphatic heterocycles. The van der Waals surface area contributed by atoms with Crippen LogP contribution in [0.2, 0.25) is 5.02 Å². The minimum Gasteiger partial charge on any atom is -0.385 e. The molecular weight excluding hydrogens is 490 g/mol. The Balaban J connectivity index is 1.80. The fourth-order valence-electron chi connectivity index (χ4n) is 3.18. The van der Waals surface area contributed by atoms with Crippen molar-refractivity contribution in [2.24, 2.45) is 0 Å². The van der Waals surface area contributed by atoms with E-state index in [2.05, 4.69) is 15.4 Å². The molecule has 3 aromatic rings. The Morgan fingerprint density at radius 2 is 1.69 bits per heavy atom. The van der Waals surface area contributed by atoms with Crippen molar-refractivity contribution in [2.75, 3.05) is 30.3 Å². The number of carbonyl (C=O) groups is 2. The fraction of sp³-hybridized carbons (Fsp3) is 0.200. The van der Waals surface area contributed by atoms with E-state index >= 15 is 0 Å². The van der Waals surface area contributed by atoms with Crippen LogP contribution in [0.4, 0.5) is 11.4 Å². The maximum atomic E-state index is 13.0. The number of rotatable bonds is 10. The second-order valence-corrected chi connectivity index (χ2v) is 9.78. The molecule has 0 unspecified atom stereocenters. The van der Waals surface area contributed by atoms with E-state index < -0.39 is 15.9 Å². The molecule has 184 valence electrons. The van der Waals surface area contributed by atoms with Gasteiger partial charge in [-0.1, -0.05) is 41.4 Å². The number of amides is 2. The van der Waals surface area contributed by atoms with Crippen molar-refractivity contribution >= 4 is 44.8 Å². The predicted octanol–water partition coefficient (Wildman–Crippen LogP) is 4.47. The van der Waals surface area contributed by atoms with Crippen LogP contribution in [0, 0.1) is 6.92 Å². The van der Waals surface area contributed by atoms with Gasteiger partial charge in [-0.25, -0.2) is 8.42 Å². The molecular formula is C25H26ClN3O5S. The molecule has 0 heterocycles. The summed E-state index contributed by atoms with van der Waals surface area (Å²) < 4.78 is 33.3. The van der Waals surface area contributed by atoms with Crippen LogP contribution in [0.5, 0.6) is 0 Å². The van der Waals surface area contributed by atoms with Gasteiger partial charge in [0.2, 0.25) is 0 Å². The van der Waals surface area contributed by atoms with Crippen LogP contribution in [0.3, 0.4) is 0 Å². The third kappa shape index (κ3) is 7.05. The van der Waals surface area contributed by atoms with Crippen LogP contribution in [-0.4, -0.2) is 40.5 Å². The van der Waals surface area contributed by atoms with Crippen LogP contribution in [0.1, 0.15) is 32.7 Å². The first kappa shape index (κ1) is 26.2. The van der Waals surface area contributed by atoms with E-state index in [1.807, 2.05) is 6.92 Å². The molecule has 0 bridgehead atoms. The molecule has 10 heteroatoms. The lowest BCUT2D eigenvalue weighted by Crippen LogP contribution is -2.26. The lowest BCUT2D eigenvalue weighted by molar-refractivity contribution is 0.0949. The van der Waals surface area contributed by atoms with Crippen LogP contribution in [0.25, 0.3) is 0 Å². The van der Waals surface area contributed by atoms with Crippen LogP contribution in [-0.2, 0) is 14.8 Å². The molecule has 3 N–H and O–H groups in total. The molecule has 3 rings (SSSR count). The minimum absolute atomic E-state index is 0.0306. The first-order valence-corrected chi connectivity index (χ1v) is 12.6. The third-order valence-corrected chi connectivity index (χ3v) is 6.88. The Morgan fingerprint density at radius 3 is 2.40 bits per heavy atom. The first-order chi connectivity index (χ1) is 16.7. The summed E-state index contributed by atoms with van der Waals surface area (Å²) in [6.07, 6.45) is 0.648. The highest BCUT2D eigenvalue weighted by Crippen LogP contribution is 2.26. The number of sulfonamides is 1. The molecule has 0 saturated carbocycles. The van der Waals surface area contributed by atoms with E-state index in [-0.39, 0.29) is 27.0 Å². The number of carbonyl (C=O) groups excluding carboxylic acids is 2. The van der Waals surface area contributed by atoms with Gasteiger partial charge in [-0.3, -0.25) is 14.3 Å². The van der Waals surface area contributed by atoms with E-state index in [1.165, 1.54) is 18.2 Å². The van der Waals surface area contributed by atoms with Crippen molar-refractivity contribution < 1.29 is 22.7 Å². The van der Waals surface area contributed by atoms with Gasteiger partial charge in [0.15, 0.2) is 0 Å². The van der Waals surface area contributed by atoms with Gasteiger partial charge in [0, 0.05) is 31.5 Å². The van der Waals surface area contributed by atoms with Crippen molar-refractivity contribution in [3.05, 3.63) is 88.4 Å². The fourth-order valence-corrected chi connectivity index (χ4v) is 4.77. The van der Waals surface area contributed by atoms with Crippen molar-refractivity contribution in [3.63, 3.8) is 0 Å². The molecule has 0 spiro atoms. The summed E-state index contributed by atoms with van der Waals surface area (Å²) in [4.78, 5) is 25.3. The third-order valence-electron chi connectivity index (χ3n) is 5.02. The smallest absolute Gasteiger partial charge is 0.263 e.